The molecule has 94 valence electrons. The molecule has 0 aliphatic carbocycles. The molecule has 0 aliphatic rings. The topological polar surface area (TPSA) is 23.5 Å². The van der Waals surface area contributed by atoms with Crippen molar-refractivity contribution in [2.75, 3.05) is 18.5 Å². The molecule has 1 aromatic carbocycles. The molecule has 3 heteroatoms. The third kappa shape index (κ3) is 4.17. The van der Waals surface area contributed by atoms with Crippen LogP contribution in [0.25, 0.3) is 0 Å². The van der Waals surface area contributed by atoms with E-state index >= 15 is 0 Å². The molecule has 17 heavy (non-hydrogen) atoms. The predicted octanol–water partition coefficient (Wildman–Crippen LogP) is 3.90. The maximum Gasteiger partial charge on any atom is 0.0762 e. The van der Waals surface area contributed by atoms with Crippen molar-refractivity contribution in [3.8, 4) is 0 Å². The molecule has 0 amide bonds. The van der Waals surface area contributed by atoms with Crippen molar-refractivity contribution in [3.05, 3.63) is 40.9 Å². The SMILES string of the molecule is C=CCCCN(C)c1ccc(C(C)O)cc1Br. The number of unbranched alkanes of at least 4 members (excludes halogenated alkanes) is 1. The van der Waals surface area contributed by atoms with E-state index in [1.165, 1.54) is 0 Å². The number of aliphatic hydroxyl groups excluding tert-OH is 1. The standard InChI is InChI=1S/C14H20BrNO/c1-4-5-6-9-16(3)14-8-7-12(11(2)17)10-13(14)15/h4,7-8,10-11,17H,1,5-6,9H2,2-3H3. The van der Waals surface area contributed by atoms with E-state index in [2.05, 4.69) is 34.5 Å². The van der Waals surface area contributed by atoms with Gasteiger partial charge in [-0.15, -0.1) is 6.58 Å². The molecule has 0 saturated heterocycles. The van der Waals surface area contributed by atoms with Gasteiger partial charge in [0.05, 0.1) is 11.8 Å². The van der Waals surface area contributed by atoms with Gasteiger partial charge in [-0.25, -0.2) is 0 Å². The summed E-state index contributed by atoms with van der Waals surface area (Å²) in [5, 5.41) is 9.51. The van der Waals surface area contributed by atoms with Crippen molar-refractivity contribution in [2.45, 2.75) is 25.9 Å². The van der Waals surface area contributed by atoms with Gasteiger partial charge in [0.25, 0.3) is 0 Å². The van der Waals surface area contributed by atoms with Crippen LogP contribution in [0.4, 0.5) is 5.69 Å². The van der Waals surface area contributed by atoms with Crippen LogP contribution in [-0.4, -0.2) is 18.7 Å². The molecule has 1 atom stereocenters. The summed E-state index contributed by atoms with van der Waals surface area (Å²) in [7, 11) is 2.07. The summed E-state index contributed by atoms with van der Waals surface area (Å²) in [6, 6.07) is 5.98. The van der Waals surface area contributed by atoms with Crippen LogP contribution in [0.15, 0.2) is 35.3 Å². The number of hydrogen-bond acceptors (Lipinski definition) is 2. The zero-order valence-corrected chi connectivity index (χ0v) is 12.1. The van der Waals surface area contributed by atoms with Crippen LogP contribution < -0.4 is 4.90 Å². The van der Waals surface area contributed by atoms with Crippen LogP contribution in [0, 0.1) is 0 Å². The summed E-state index contributed by atoms with van der Waals surface area (Å²) in [6.07, 6.45) is 3.66. The molecule has 0 bridgehead atoms. The Hall–Kier alpha value is -0.800. The van der Waals surface area contributed by atoms with Crippen molar-refractivity contribution < 1.29 is 5.11 Å². The molecule has 0 fully saturated rings. The third-order valence-electron chi connectivity index (χ3n) is 2.77. The van der Waals surface area contributed by atoms with Gasteiger partial charge in [-0.05, 0) is 53.4 Å². The second kappa shape index (κ2) is 6.82. The molecule has 1 rings (SSSR count). The Morgan fingerprint density at radius 1 is 1.53 bits per heavy atom. The Morgan fingerprint density at radius 3 is 2.76 bits per heavy atom. The van der Waals surface area contributed by atoms with Gasteiger partial charge in [-0.2, -0.15) is 0 Å². The predicted molar refractivity (Wildman–Crippen MR) is 77.5 cm³/mol. The first kappa shape index (κ1) is 14.3. The lowest BCUT2D eigenvalue weighted by molar-refractivity contribution is 0.199. The third-order valence-corrected chi connectivity index (χ3v) is 3.40. The number of anilines is 1. The van der Waals surface area contributed by atoms with Crippen molar-refractivity contribution in [1.29, 1.82) is 0 Å². The van der Waals surface area contributed by atoms with Crippen LogP contribution >= 0.6 is 15.9 Å². The van der Waals surface area contributed by atoms with Gasteiger partial charge in [0.2, 0.25) is 0 Å². The molecule has 1 aromatic rings. The van der Waals surface area contributed by atoms with Gasteiger partial charge in [-0.1, -0.05) is 12.1 Å². The smallest absolute Gasteiger partial charge is 0.0762 e. The molecule has 0 radical (unpaired) electrons. The van der Waals surface area contributed by atoms with Crippen LogP contribution in [0.3, 0.4) is 0 Å². The summed E-state index contributed by atoms with van der Waals surface area (Å²) in [4.78, 5) is 2.21. The van der Waals surface area contributed by atoms with Gasteiger partial charge in [0, 0.05) is 18.1 Å². The monoisotopic (exact) mass is 297 g/mol. The second-order valence-corrected chi connectivity index (χ2v) is 5.09. The normalized spacial score (nSPS) is 12.2. The lowest BCUT2D eigenvalue weighted by Crippen LogP contribution is -2.18. The first-order valence-corrected chi connectivity index (χ1v) is 6.65. The molecule has 1 N–H and O–H groups in total. The Labute approximate surface area is 112 Å². The van der Waals surface area contributed by atoms with Gasteiger partial charge >= 0.3 is 0 Å². The molecule has 0 heterocycles. The number of rotatable bonds is 6. The Bertz CT molecular complexity index is 376. The average Bonchev–Trinajstić information content (AvgIpc) is 2.28. The largest absolute Gasteiger partial charge is 0.389 e. The minimum absolute atomic E-state index is 0.425. The number of halogens is 1. The highest BCUT2D eigenvalue weighted by atomic mass is 79.9. The summed E-state index contributed by atoms with van der Waals surface area (Å²) in [6.45, 7) is 6.49. The first-order chi connectivity index (χ1) is 8.06. The van der Waals surface area contributed by atoms with Crippen molar-refractivity contribution in [2.24, 2.45) is 0 Å². The minimum Gasteiger partial charge on any atom is -0.389 e. The molecule has 0 saturated carbocycles. The highest BCUT2D eigenvalue weighted by Gasteiger charge is 2.08. The summed E-state index contributed by atoms with van der Waals surface area (Å²) < 4.78 is 1.03. The highest BCUT2D eigenvalue weighted by molar-refractivity contribution is 9.10. The average molecular weight is 298 g/mol. The lowest BCUT2D eigenvalue weighted by Gasteiger charge is -2.21. The van der Waals surface area contributed by atoms with Crippen LogP contribution in [-0.2, 0) is 0 Å². The fourth-order valence-electron chi connectivity index (χ4n) is 1.69. The van der Waals surface area contributed by atoms with E-state index in [1.807, 2.05) is 24.3 Å². The molecular formula is C14H20BrNO. The van der Waals surface area contributed by atoms with Gasteiger partial charge in [0.15, 0.2) is 0 Å². The second-order valence-electron chi connectivity index (χ2n) is 4.24. The Kier molecular flexibility index (Phi) is 5.72. The van der Waals surface area contributed by atoms with E-state index < -0.39 is 6.10 Å². The zero-order chi connectivity index (χ0) is 12.8. The summed E-state index contributed by atoms with van der Waals surface area (Å²) in [5.74, 6) is 0. The van der Waals surface area contributed by atoms with E-state index in [9.17, 15) is 5.11 Å². The van der Waals surface area contributed by atoms with Crippen molar-refractivity contribution in [1.82, 2.24) is 0 Å². The number of aliphatic hydroxyl groups is 1. The van der Waals surface area contributed by atoms with Crippen molar-refractivity contribution >= 4 is 21.6 Å². The van der Waals surface area contributed by atoms with Gasteiger partial charge < -0.3 is 10.0 Å². The fourth-order valence-corrected chi connectivity index (χ4v) is 2.39. The fraction of sp³-hybridized carbons (Fsp3) is 0.429. The maximum absolute atomic E-state index is 9.51. The quantitative estimate of drug-likeness (QED) is 0.636. The van der Waals surface area contributed by atoms with Gasteiger partial charge in [-0.3, -0.25) is 0 Å². The van der Waals surface area contributed by atoms with E-state index in [-0.39, 0.29) is 0 Å². The summed E-state index contributed by atoms with van der Waals surface area (Å²) in [5.41, 5.74) is 2.08. The zero-order valence-electron chi connectivity index (χ0n) is 10.5. The number of hydrogen-bond donors (Lipinski definition) is 1. The molecule has 0 aromatic heterocycles. The first-order valence-electron chi connectivity index (χ1n) is 5.85. The maximum atomic E-state index is 9.51. The highest BCUT2D eigenvalue weighted by Crippen LogP contribution is 2.28. The molecular weight excluding hydrogens is 278 g/mol. The molecule has 2 nitrogen and oxygen atoms in total. The lowest BCUT2D eigenvalue weighted by atomic mass is 10.1. The molecule has 0 spiro atoms. The van der Waals surface area contributed by atoms with E-state index in [0.29, 0.717) is 0 Å². The number of benzene rings is 1. The Morgan fingerprint density at radius 2 is 2.24 bits per heavy atom. The molecule has 0 aliphatic heterocycles. The summed E-state index contributed by atoms with van der Waals surface area (Å²) >= 11 is 3.55. The number of allylic oxidation sites excluding steroid dienone is 1. The number of nitrogens with zero attached hydrogens (tertiary/aromatic N) is 1. The van der Waals surface area contributed by atoms with E-state index in [4.69, 9.17) is 0 Å². The van der Waals surface area contributed by atoms with E-state index in [0.717, 1.165) is 35.1 Å². The molecule has 1 unspecified atom stereocenters. The minimum atomic E-state index is -0.425. The van der Waals surface area contributed by atoms with Crippen LogP contribution in [0.1, 0.15) is 31.4 Å². The van der Waals surface area contributed by atoms with E-state index in [1.54, 1.807) is 6.92 Å². The van der Waals surface area contributed by atoms with Crippen LogP contribution in [0.2, 0.25) is 0 Å². The Balaban J connectivity index is 2.73. The van der Waals surface area contributed by atoms with Crippen molar-refractivity contribution in [3.63, 3.8) is 0 Å². The van der Waals surface area contributed by atoms with Crippen LogP contribution in [0.5, 0.6) is 0 Å². The van der Waals surface area contributed by atoms with Gasteiger partial charge in [0.1, 0.15) is 0 Å².